The molecule has 2 amide bonds. The van der Waals surface area contributed by atoms with Crippen molar-refractivity contribution >= 4 is 39.3 Å². The summed E-state index contributed by atoms with van der Waals surface area (Å²) in [4.78, 5) is 24.1. The molecule has 0 aliphatic heterocycles. The highest BCUT2D eigenvalue weighted by Crippen LogP contribution is 2.35. The molecule has 1 radical (unpaired) electrons. The second-order valence-electron chi connectivity index (χ2n) is 8.37. The van der Waals surface area contributed by atoms with Crippen LogP contribution in [0.15, 0.2) is 78.9 Å². The number of hydrogen-bond donors (Lipinski definition) is 2. The molecule has 0 atom stereocenters. The van der Waals surface area contributed by atoms with E-state index in [0.717, 1.165) is 49.9 Å². The average molecular weight is 463 g/mol. The van der Waals surface area contributed by atoms with Crippen LogP contribution in [0, 0.1) is 6.07 Å². The van der Waals surface area contributed by atoms with Crippen LogP contribution in [-0.4, -0.2) is 23.5 Å². The first-order valence-corrected chi connectivity index (χ1v) is 11.2. The van der Waals surface area contributed by atoms with Gasteiger partial charge in [-0.15, -0.1) is 0 Å². The van der Waals surface area contributed by atoms with Crippen LogP contribution in [0.2, 0.25) is 0 Å². The molecule has 0 fully saturated rings. The molecule has 5 rings (SSSR count). The van der Waals surface area contributed by atoms with E-state index in [2.05, 4.69) is 22.0 Å². The van der Waals surface area contributed by atoms with Crippen LogP contribution < -0.4 is 15.8 Å². The molecule has 1 heterocycles. The zero-order chi connectivity index (χ0) is 24.5. The monoisotopic (exact) mass is 462 g/mol. The number of carbonyl (C=O) groups is 2. The zero-order valence-electron chi connectivity index (χ0n) is 19.5. The number of fused-ring (bicyclic) bond motifs is 3. The van der Waals surface area contributed by atoms with Gasteiger partial charge in [0.15, 0.2) is 0 Å². The molecule has 0 aliphatic rings. The summed E-state index contributed by atoms with van der Waals surface area (Å²) in [5.74, 6) is 0.167. The SMILES string of the molecule is COc1ccc(-c2c[c]c3c4c(C(N)=O)cccc4n(Cc4ccccc4NC(C)=O)c3c2)cc1. The van der Waals surface area contributed by atoms with Gasteiger partial charge in [-0.25, -0.2) is 0 Å². The van der Waals surface area contributed by atoms with E-state index >= 15 is 0 Å². The van der Waals surface area contributed by atoms with Gasteiger partial charge >= 0.3 is 0 Å². The highest BCUT2D eigenvalue weighted by Gasteiger charge is 2.18. The Hall–Kier alpha value is -4.58. The molecule has 0 saturated heterocycles. The molecule has 35 heavy (non-hydrogen) atoms. The second kappa shape index (κ2) is 8.99. The maximum absolute atomic E-state index is 12.3. The van der Waals surface area contributed by atoms with Gasteiger partial charge in [-0.3, -0.25) is 9.59 Å². The fourth-order valence-electron chi connectivity index (χ4n) is 4.52. The second-order valence-corrected chi connectivity index (χ2v) is 8.37. The molecule has 5 aromatic rings. The third-order valence-corrected chi connectivity index (χ3v) is 6.14. The largest absolute Gasteiger partial charge is 0.497 e. The minimum Gasteiger partial charge on any atom is -0.497 e. The summed E-state index contributed by atoms with van der Waals surface area (Å²) in [6, 6.07) is 28.5. The lowest BCUT2D eigenvalue weighted by Gasteiger charge is -2.13. The van der Waals surface area contributed by atoms with Crippen molar-refractivity contribution in [2.24, 2.45) is 5.73 Å². The third kappa shape index (κ3) is 4.10. The van der Waals surface area contributed by atoms with Gasteiger partial charge in [0.2, 0.25) is 11.8 Å². The van der Waals surface area contributed by atoms with Crippen LogP contribution in [0.5, 0.6) is 5.75 Å². The molecule has 6 nitrogen and oxygen atoms in total. The van der Waals surface area contributed by atoms with E-state index in [1.807, 2.05) is 66.7 Å². The number of rotatable bonds is 6. The van der Waals surface area contributed by atoms with Gasteiger partial charge in [-0.05, 0) is 65.2 Å². The zero-order valence-corrected chi connectivity index (χ0v) is 19.5. The number of hydrogen-bond acceptors (Lipinski definition) is 3. The number of nitrogens with zero attached hydrogens (tertiary/aromatic N) is 1. The van der Waals surface area contributed by atoms with E-state index in [1.165, 1.54) is 6.92 Å². The molecule has 0 bridgehead atoms. The number of nitrogens with one attached hydrogen (secondary N) is 1. The molecular formula is C29H24N3O3. The Balaban J connectivity index is 1.75. The topological polar surface area (TPSA) is 86.3 Å². The van der Waals surface area contributed by atoms with Gasteiger partial charge in [0.1, 0.15) is 5.75 Å². The Morgan fingerprint density at radius 3 is 2.46 bits per heavy atom. The third-order valence-electron chi connectivity index (χ3n) is 6.14. The van der Waals surface area contributed by atoms with Gasteiger partial charge in [0.05, 0.1) is 24.7 Å². The molecule has 0 aliphatic carbocycles. The summed E-state index contributed by atoms with van der Waals surface area (Å²) >= 11 is 0. The lowest BCUT2D eigenvalue weighted by Crippen LogP contribution is -2.11. The summed E-state index contributed by atoms with van der Waals surface area (Å²) in [5, 5.41) is 4.51. The maximum Gasteiger partial charge on any atom is 0.249 e. The van der Waals surface area contributed by atoms with Crippen molar-refractivity contribution < 1.29 is 14.3 Å². The maximum atomic E-state index is 12.3. The lowest BCUT2D eigenvalue weighted by atomic mass is 10.0. The van der Waals surface area contributed by atoms with Gasteiger partial charge in [0, 0.05) is 28.9 Å². The van der Waals surface area contributed by atoms with Crippen LogP contribution in [-0.2, 0) is 11.3 Å². The number of para-hydroxylation sites is 1. The van der Waals surface area contributed by atoms with Crippen LogP contribution in [0.1, 0.15) is 22.8 Å². The Morgan fingerprint density at radius 1 is 0.971 bits per heavy atom. The summed E-state index contributed by atoms with van der Waals surface area (Å²) < 4.78 is 7.43. The van der Waals surface area contributed by atoms with Crippen molar-refractivity contribution in [2.75, 3.05) is 12.4 Å². The summed E-state index contributed by atoms with van der Waals surface area (Å²) in [5.41, 5.74) is 11.7. The summed E-state index contributed by atoms with van der Waals surface area (Å²) in [6.07, 6.45) is 0. The first-order chi connectivity index (χ1) is 17.0. The first kappa shape index (κ1) is 22.2. The first-order valence-electron chi connectivity index (χ1n) is 11.2. The molecule has 0 spiro atoms. The smallest absolute Gasteiger partial charge is 0.249 e. The Kier molecular flexibility index (Phi) is 5.71. The average Bonchev–Trinajstić information content (AvgIpc) is 3.17. The standard InChI is InChI=1S/C29H24N3O3/c1-18(33)31-25-8-4-3-6-21(25)17-32-26-9-5-7-24(29(30)34)28(26)23-15-12-20(16-27(23)32)19-10-13-22(35-2)14-11-19/h3-14,16H,17H2,1-2H3,(H2,30,34)(H,31,33). The number of carbonyl (C=O) groups excluding carboxylic acids is 2. The summed E-state index contributed by atoms with van der Waals surface area (Å²) in [6.45, 7) is 1.98. The quantitative estimate of drug-likeness (QED) is 0.355. The van der Waals surface area contributed by atoms with E-state index in [0.29, 0.717) is 12.1 Å². The molecule has 4 aromatic carbocycles. The molecule has 6 heteroatoms. The van der Waals surface area contributed by atoms with Crippen LogP contribution in [0.4, 0.5) is 5.69 Å². The van der Waals surface area contributed by atoms with Gasteiger partial charge in [-0.1, -0.05) is 36.4 Å². The van der Waals surface area contributed by atoms with E-state index in [4.69, 9.17) is 10.5 Å². The van der Waals surface area contributed by atoms with Crippen molar-refractivity contribution in [2.45, 2.75) is 13.5 Å². The Bertz CT molecular complexity index is 1580. The highest BCUT2D eigenvalue weighted by atomic mass is 16.5. The van der Waals surface area contributed by atoms with E-state index < -0.39 is 5.91 Å². The fraction of sp³-hybridized carbons (Fsp3) is 0.103. The normalized spacial score (nSPS) is 11.0. The lowest BCUT2D eigenvalue weighted by molar-refractivity contribution is -0.114. The van der Waals surface area contributed by atoms with Crippen molar-refractivity contribution in [1.82, 2.24) is 4.57 Å². The molecule has 0 unspecified atom stereocenters. The highest BCUT2D eigenvalue weighted by molar-refractivity contribution is 6.18. The molecule has 1 aromatic heterocycles. The van der Waals surface area contributed by atoms with Crippen LogP contribution in [0.25, 0.3) is 32.9 Å². The molecule has 173 valence electrons. The Morgan fingerprint density at radius 2 is 1.74 bits per heavy atom. The fourth-order valence-corrected chi connectivity index (χ4v) is 4.52. The predicted molar refractivity (Wildman–Crippen MR) is 139 cm³/mol. The number of methoxy groups -OCH3 is 1. The van der Waals surface area contributed by atoms with Gasteiger partial charge in [0.25, 0.3) is 0 Å². The summed E-state index contributed by atoms with van der Waals surface area (Å²) in [7, 11) is 1.64. The van der Waals surface area contributed by atoms with Gasteiger partial charge in [-0.2, -0.15) is 0 Å². The Labute approximate surface area is 202 Å². The van der Waals surface area contributed by atoms with E-state index in [-0.39, 0.29) is 5.91 Å². The van der Waals surface area contributed by atoms with Crippen molar-refractivity contribution in [1.29, 1.82) is 0 Å². The van der Waals surface area contributed by atoms with E-state index in [9.17, 15) is 9.59 Å². The number of amides is 2. The van der Waals surface area contributed by atoms with Crippen LogP contribution >= 0.6 is 0 Å². The van der Waals surface area contributed by atoms with Crippen molar-refractivity contribution in [3.8, 4) is 16.9 Å². The predicted octanol–water partition coefficient (Wildman–Crippen LogP) is 5.38. The number of primary amides is 1. The minimum absolute atomic E-state index is 0.134. The number of aromatic nitrogens is 1. The van der Waals surface area contributed by atoms with Crippen molar-refractivity contribution in [3.05, 3.63) is 96.1 Å². The molecule has 3 N–H and O–H groups in total. The number of nitrogens with two attached hydrogens (primary N) is 1. The van der Waals surface area contributed by atoms with E-state index in [1.54, 1.807) is 13.2 Å². The number of anilines is 1. The number of ether oxygens (including phenoxy) is 1. The molecular weight excluding hydrogens is 438 g/mol. The van der Waals surface area contributed by atoms with Crippen molar-refractivity contribution in [3.63, 3.8) is 0 Å². The number of benzene rings is 4. The van der Waals surface area contributed by atoms with Crippen LogP contribution in [0.3, 0.4) is 0 Å². The van der Waals surface area contributed by atoms with Gasteiger partial charge < -0.3 is 20.4 Å². The minimum atomic E-state index is -0.485. The molecule has 0 saturated carbocycles.